The summed E-state index contributed by atoms with van der Waals surface area (Å²) in [6.07, 6.45) is 5.28. The molecule has 0 aliphatic heterocycles. The van der Waals surface area contributed by atoms with Crippen LogP contribution in [0, 0.1) is 12.3 Å². The maximum atomic E-state index is 12.4. The number of hydrogen-bond acceptors (Lipinski definition) is 3. The quantitative estimate of drug-likeness (QED) is 0.792. The number of ether oxygens (including phenoxy) is 1. The van der Waals surface area contributed by atoms with E-state index in [-0.39, 0.29) is 17.9 Å². The molecule has 0 spiro atoms. The van der Waals surface area contributed by atoms with E-state index in [9.17, 15) is 18.4 Å². The number of terminal acetylenes is 1. The molecule has 0 aliphatic rings. The topological polar surface area (TPSA) is 67.4 Å². The van der Waals surface area contributed by atoms with Crippen molar-refractivity contribution in [1.82, 2.24) is 5.32 Å². The summed E-state index contributed by atoms with van der Waals surface area (Å²) in [5, 5.41) is 4.91. The highest BCUT2D eigenvalue weighted by Gasteiger charge is 2.16. The number of carbonyl (C=O) groups excluding carboxylic acids is 2. The standard InChI is InChI=1S/C18H14F2N2O3/c1-2-12-6-5-7-13(10-12)22-16(23)11-21-17(24)14-8-3-4-9-15(14)25-18(19)20/h1,3-10,18H,11H2,(H,21,24)(H,22,23). The van der Waals surface area contributed by atoms with Gasteiger partial charge in [0.05, 0.1) is 12.1 Å². The number of para-hydroxylation sites is 1. The molecule has 0 aromatic heterocycles. The van der Waals surface area contributed by atoms with Gasteiger partial charge < -0.3 is 15.4 Å². The number of carbonyl (C=O) groups is 2. The van der Waals surface area contributed by atoms with E-state index in [1.165, 1.54) is 24.3 Å². The molecule has 128 valence electrons. The van der Waals surface area contributed by atoms with Crippen molar-refractivity contribution < 1.29 is 23.1 Å². The Balaban J connectivity index is 1.95. The smallest absolute Gasteiger partial charge is 0.387 e. The number of alkyl halides is 2. The van der Waals surface area contributed by atoms with Gasteiger partial charge in [-0.05, 0) is 30.3 Å². The number of anilines is 1. The fourth-order valence-corrected chi connectivity index (χ4v) is 2.00. The van der Waals surface area contributed by atoms with Gasteiger partial charge in [-0.15, -0.1) is 6.42 Å². The van der Waals surface area contributed by atoms with E-state index in [0.29, 0.717) is 11.3 Å². The molecule has 0 heterocycles. The number of nitrogens with one attached hydrogen (secondary N) is 2. The van der Waals surface area contributed by atoms with E-state index in [2.05, 4.69) is 21.3 Å². The van der Waals surface area contributed by atoms with Gasteiger partial charge in [-0.1, -0.05) is 24.1 Å². The highest BCUT2D eigenvalue weighted by molar-refractivity contribution is 6.00. The van der Waals surface area contributed by atoms with E-state index in [4.69, 9.17) is 6.42 Å². The van der Waals surface area contributed by atoms with E-state index in [0.717, 1.165) is 0 Å². The predicted molar refractivity (Wildman–Crippen MR) is 88.4 cm³/mol. The Kier molecular flexibility index (Phi) is 6.07. The molecule has 0 radical (unpaired) electrons. The van der Waals surface area contributed by atoms with Gasteiger partial charge in [-0.3, -0.25) is 9.59 Å². The van der Waals surface area contributed by atoms with Crippen molar-refractivity contribution in [2.75, 3.05) is 11.9 Å². The second-order valence-corrected chi connectivity index (χ2v) is 4.83. The number of amides is 2. The van der Waals surface area contributed by atoms with Crippen molar-refractivity contribution in [3.8, 4) is 18.1 Å². The molecule has 2 aromatic carbocycles. The summed E-state index contributed by atoms with van der Waals surface area (Å²) >= 11 is 0. The summed E-state index contributed by atoms with van der Waals surface area (Å²) < 4.78 is 29.0. The first-order valence-electron chi connectivity index (χ1n) is 7.18. The van der Waals surface area contributed by atoms with Crippen LogP contribution in [0.5, 0.6) is 5.75 Å². The molecule has 2 aromatic rings. The summed E-state index contributed by atoms with van der Waals surface area (Å²) in [7, 11) is 0. The minimum Gasteiger partial charge on any atom is -0.434 e. The Hall–Kier alpha value is -3.40. The first-order chi connectivity index (χ1) is 12.0. The van der Waals surface area contributed by atoms with Crippen LogP contribution in [0.1, 0.15) is 15.9 Å². The van der Waals surface area contributed by atoms with Crippen molar-refractivity contribution in [3.63, 3.8) is 0 Å². The predicted octanol–water partition coefficient (Wildman–Crippen LogP) is 2.64. The molecule has 2 N–H and O–H groups in total. The number of hydrogen-bond donors (Lipinski definition) is 2. The molecule has 0 saturated heterocycles. The van der Waals surface area contributed by atoms with Gasteiger partial charge in [0.15, 0.2) is 0 Å². The zero-order valence-electron chi connectivity index (χ0n) is 13.0. The van der Waals surface area contributed by atoms with Crippen molar-refractivity contribution in [2.45, 2.75) is 6.61 Å². The van der Waals surface area contributed by atoms with E-state index in [1.807, 2.05) is 0 Å². The van der Waals surface area contributed by atoms with Gasteiger partial charge in [-0.2, -0.15) is 8.78 Å². The molecule has 5 nitrogen and oxygen atoms in total. The van der Waals surface area contributed by atoms with Gasteiger partial charge in [0.1, 0.15) is 5.75 Å². The molecular weight excluding hydrogens is 330 g/mol. The number of benzene rings is 2. The summed E-state index contributed by atoms with van der Waals surface area (Å²) in [6.45, 7) is -3.40. The molecule has 0 unspecified atom stereocenters. The molecule has 25 heavy (non-hydrogen) atoms. The summed E-state index contributed by atoms with van der Waals surface area (Å²) in [6, 6.07) is 12.2. The van der Waals surface area contributed by atoms with Crippen molar-refractivity contribution in [3.05, 3.63) is 59.7 Å². The van der Waals surface area contributed by atoms with Crippen molar-refractivity contribution in [2.24, 2.45) is 0 Å². The lowest BCUT2D eigenvalue weighted by Gasteiger charge is -2.11. The first-order valence-corrected chi connectivity index (χ1v) is 7.18. The van der Waals surface area contributed by atoms with Crippen molar-refractivity contribution >= 4 is 17.5 Å². The van der Waals surface area contributed by atoms with Crippen LogP contribution in [0.3, 0.4) is 0 Å². The zero-order valence-corrected chi connectivity index (χ0v) is 13.0. The molecule has 0 atom stereocenters. The lowest BCUT2D eigenvalue weighted by molar-refractivity contribution is -0.115. The minimum absolute atomic E-state index is 0.0927. The number of rotatable bonds is 6. The Bertz CT molecular complexity index is 816. The van der Waals surface area contributed by atoms with E-state index < -0.39 is 18.4 Å². The van der Waals surface area contributed by atoms with E-state index in [1.54, 1.807) is 24.3 Å². The lowest BCUT2D eigenvalue weighted by Crippen LogP contribution is -2.33. The largest absolute Gasteiger partial charge is 0.434 e. The van der Waals surface area contributed by atoms with Crippen LogP contribution in [-0.4, -0.2) is 25.0 Å². The monoisotopic (exact) mass is 344 g/mol. The maximum absolute atomic E-state index is 12.4. The lowest BCUT2D eigenvalue weighted by atomic mass is 10.2. The number of halogens is 2. The van der Waals surface area contributed by atoms with Crippen LogP contribution < -0.4 is 15.4 Å². The Morgan fingerprint density at radius 1 is 1.16 bits per heavy atom. The van der Waals surface area contributed by atoms with Gasteiger partial charge >= 0.3 is 6.61 Å². The average Bonchev–Trinajstić information content (AvgIpc) is 2.60. The Labute approximate surface area is 143 Å². The highest BCUT2D eigenvalue weighted by atomic mass is 19.3. The van der Waals surface area contributed by atoms with E-state index >= 15 is 0 Å². The van der Waals surface area contributed by atoms with Crippen LogP contribution in [0.25, 0.3) is 0 Å². The molecule has 0 bridgehead atoms. The van der Waals surface area contributed by atoms with Crippen LogP contribution in [-0.2, 0) is 4.79 Å². The normalized spacial score (nSPS) is 10.0. The first kappa shape index (κ1) is 17.9. The highest BCUT2D eigenvalue weighted by Crippen LogP contribution is 2.20. The molecule has 7 heteroatoms. The zero-order chi connectivity index (χ0) is 18.2. The van der Waals surface area contributed by atoms with Gasteiger partial charge in [0.2, 0.25) is 5.91 Å². The Morgan fingerprint density at radius 3 is 2.64 bits per heavy atom. The third-order valence-corrected chi connectivity index (χ3v) is 3.07. The van der Waals surface area contributed by atoms with Crippen molar-refractivity contribution in [1.29, 1.82) is 0 Å². The van der Waals surface area contributed by atoms with Crippen LogP contribution >= 0.6 is 0 Å². The third-order valence-electron chi connectivity index (χ3n) is 3.07. The summed E-state index contributed by atoms with van der Waals surface area (Å²) in [5.74, 6) is 0.976. The second-order valence-electron chi connectivity index (χ2n) is 4.83. The van der Waals surface area contributed by atoms with Crippen LogP contribution in [0.2, 0.25) is 0 Å². The molecule has 0 aliphatic carbocycles. The minimum atomic E-state index is -3.05. The fourth-order valence-electron chi connectivity index (χ4n) is 2.00. The molecule has 2 amide bonds. The summed E-state index contributed by atoms with van der Waals surface area (Å²) in [4.78, 5) is 23.9. The summed E-state index contributed by atoms with van der Waals surface area (Å²) in [5.41, 5.74) is 0.987. The maximum Gasteiger partial charge on any atom is 0.387 e. The average molecular weight is 344 g/mol. The second kappa shape index (κ2) is 8.45. The molecule has 2 rings (SSSR count). The molecule has 0 fully saturated rings. The van der Waals surface area contributed by atoms with Crippen LogP contribution in [0.15, 0.2) is 48.5 Å². The molecular formula is C18H14F2N2O3. The third kappa shape index (κ3) is 5.32. The van der Waals surface area contributed by atoms with Gasteiger partial charge in [0.25, 0.3) is 5.91 Å². The van der Waals surface area contributed by atoms with Crippen LogP contribution in [0.4, 0.5) is 14.5 Å². The molecule has 0 saturated carbocycles. The SMILES string of the molecule is C#Cc1cccc(NC(=O)CNC(=O)c2ccccc2OC(F)F)c1. The Morgan fingerprint density at radius 2 is 1.92 bits per heavy atom. The fraction of sp³-hybridized carbons (Fsp3) is 0.111. The van der Waals surface area contributed by atoms with Gasteiger partial charge in [0, 0.05) is 11.3 Å². The van der Waals surface area contributed by atoms with Gasteiger partial charge in [-0.25, -0.2) is 0 Å².